The van der Waals surface area contributed by atoms with E-state index in [0.717, 1.165) is 22.3 Å². The van der Waals surface area contributed by atoms with Gasteiger partial charge in [-0.05, 0) is 52.4 Å². The molecule has 0 N–H and O–H groups in total. The Balaban J connectivity index is 0.00000161. The van der Waals surface area contributed by atoms with Gasteiger partial charge in [0.25, 0.3) is 0 Å². The van der Waals surface area contributed by atoms with Gasteiger partial charge in [-0.25, -0.2) is 8.78 Å². The van der Waals surface area contributed by atoms with Crippen molar-refractivity contribution in [2.75, 3.05) is 0 Å². The third-order valence-corrected chi connectivity index (χ3v) is 3.57. The number of hydrogen-bond donors (Lipinski definition) is 0. The zero-order chi connectivity index (χ0) is 14.1. The zero-order valence-corrected chi connectivity index (χ0v) is 14.2. The van der Waals surface area contributed by atoms with E-state index in [1.54, 1.807) is 18.2 Å². The molecule has 0 fully saturated rings. The van der Waals surface area contributed by atoms with Gasteiger partial charge in [-0.15, -0.1) is 0 Å². The summed E-state index contributed by atoms with van der Waals surface area (Å²) in [6, 6.07) is 11.2. The smallest absolute Gasteiger partial charge is 0.115 e. The van der Waals surface area contributed by atoms with E-state index in [4.69, 9.17) is 0 Å². The first-order valence-electron chi connectivity index (χ1n) is 6.62. The minimum Gasteiger partial charge on any atom is -0.246 e. The van der Waals surface area contributed by atoms with Gasteiger partial charge in [0.1, 0.15) is 13.3 Å². The van der Waals surface area contributed by atoms with E-state index < -0.39 is 13.3 Å². The third kappa shape index (κ3) is 3.24. The molecule has 0 unspecified atom stereocenters. The van der Waals surface area contributed by atoms with Crippen molar-refractivity contribution in [1.82, 2.24) is 0 Å². The van der Waals surface area contributed by atoms with E-state index in [-0.39, 0.29) is 26.2 Å². The number of hydrogen-bond acceptors (Lipinski definition) is 0. The van der Waals surface area contributed by atoms with Gasteiger partial charge in [0.15, 0.2) is 0 Å². The Kier molecular flexibility index (Phi) is 5.27. The van der Waals surface area contributed by atoms with Gasteiger partial charge >= 0.3 is 0 Å². The molecule has 0 atom stereocenters. The van der Waals surface area contributed by atoms with Crippen LogP contribution in [0.1, 0.15) is 29.2 Å². The molecule has 0 nitrogen and oxygen atoms in total. The van der Waals surface area contributed by atoms with Crippen LogP contribution in [0.25, 0.3) is 17.2 Å². The molecule has 3 heteroatoms. The maximum atomic E-state index is 12.9. The summed E-state index contributed by atoms with van der Waals surface area (Å²) in [5.41, 5.74) is 6.44. The molecule has 0 spiro atoms. The van der Waals surface area contributed by atoms with Gasteiger partial charge in [-0.3, -0.25) is 0 Å². The van der Waals surface area contributed by atoms with Crippen LogP contribution in [0.2, 0.25) is 0 Å². The number of rotatable bonds is 3. The van der Waals surface area contributed by atoms with Crippen molar-refractivity contribution < 1.29 is 35.0 Å². The molecule has 105 valence electrons. The number of fused-ring (bicyclic) bond motifs is 1. The Morgan fingerprint density at radius 2 is 1.62 bits per heavy atom. The van der Waals surface area contributed by atoms with Gasteiger partial charge in [0.2, 0.25) is 0 Å². The molecule has 1 aliphatic carbocycles. The second kappa shape index (κ2) is 6.79. The number of halogens is 2. The minimum atomic E-state index is -0.573. The SMILES string of the molecule is CC1=Cc2c(cccc2-c2cc(CF)cc(CF)c2)[CH]1.[Zr]. The quantitative estimate of drug-likeness (QED) is 0.700. The van der Waals surface area contributed by atoms with Crippen molar-refractivity contribution in [2.45, 2.75) is 20.3 Å². The van der Waals surface area contributed by atoms with Gasteiger partial charge in [-0.2, -0.15) is 0 Å². The summed E-state index contributed by atoms with van der Waals surface area (Å²) in [5.74, 6) is 0. The van der Waals surface area contributed by atoms with Crippen molar-refractivity contribution in [3.8, 4) is 11.1 Å². The van der Waals surface area contributed by atoms with E-state index >= 15 is 0 Å². The van der Waals surface area contributed by atoms with Gasteiger partial charge < -0.3 is 0 Å². The number of benzene rings is 2. The van der Waals surface area contributed by atoms with E-state index in [9.17, 15) is 8.78 Å². The van der Waals surface area contributed by atoms with Crippen molar-refractivity contribution in [1.29, 1.82) is 0 Å². The predicted molar refractivity (Wildman–Crippen MR) is 78.6 cm³/mol. The number of alkyl halides is 2. The van der Waals surface area contributed by atoms with Crippen LogP contribution < -0.4 is 0 Å². The summed E-state index contributed by atoms with van der Waals surface area (Å²) in [5, 5.41) is 0. The minimum absolute atomic E-state index is 0. The maximum Gasteiger partial charge on any atom is 0.115 e. The van der Waals surface area contributed by atoms with Crippen molar-refractivity contribution in [3.05, 3.63) is 70.6 Å². The molecular weight excluding hydrogens is 345 g/mol. The molecule has 2 aromatic carbocycles. The Labute approximate surface area is 143 Å². The van der Waals surface area contributed by atoms with E-state index in [1.165, 1.54) is 5.57 Å². The summed E-state index contributed by atoms with van der Waals surface area (Å²) in [6.45, 7) is 0.905. The van der Waals surface area contributed by atoms with E-state index in [0.29, 0.717) is 11.1 Å². The molecule has 21 heavy (non-hydrogen) atoms. The number of allylic oxidation sites excluding steroid dienone is 1. The summed E-state index contributed by atoms with van der Waals surface area (Å²) in [7, 11) is 0. The summed E-state index contributed by atoms with van der Waals surface area (Å²) in [4.78, 5) is 0. The summed E-state index contributed by atoms with van der Waals surface area (Å²) < 4.78 is 25.9. The molecule has 0 heterocycles. The molecule has 2 aromatic rings. The van der Waals surface area contributed by atoms with Crippen LogP contribution in [0.5, 0.6) is 0 Å². The second-order valence-corrected chi connectivity index (χ2v) is 5.15. The third-order valence-electron chi connectivity index (χ3n) is 3.57. The molecule has 0 aliphatic heterocycles. The Bertz CT molecular complexity index is 667. The van der Waals surface area contributed by atoms with Gasteiger partial charge in [0, 0.05) is 32.6 Å². The van der Waals surface area contributed by atoms with Crippen molar-refractivity contribution in [3.63, 3.8) is 0 Å². The fraction of sp³-hybridized carbons (Fsp3) is 0.167. The average molecular weight is 361 g/mol. The Morgan fingerprint density at radius 3 is 2.24 bits per heavy atom. The van der Waals surface area contributed by atoms with Crippen LogP contribution >= 0.6 is 0 Å². The largest absolute Gasteiger partial charge is 0.246 e. The van der Waals surface area contributed by atoms with Crippen molar-refractivity contribution >= 4 is 6.08 Å². The summed E-state index contributed by atoms with van der Waals surface area (Å²) >= 11 is 0. The first kappa shape index (κ1) is 16.3. The molecule has 1 radical (unpaired) electrons. The van der Waals surface area contributed by atoms with E-state index in [2.05, 4.69) is 25.5 Å². The zero-order valence-electron chi connectivity index (χ0n) is 11.8. The summed E-state index contributed by atoms with van der Waals surface area (Å²) in [6.07, 6.45) is 4.23. The molecule has 3 rings (SSSR count). The molecule has 1 aliphatic rings. The van der Waals surface area contributed by atoms with Crippen LogP contribution in [0.3, 0.4) is 0 Å². The van der Waals surface area contributed by atoms with Gasteiger partial charge in [-0.1, -0.05) is 35.9 Å². The normalized spacial score (nSPS) is 12.6. The molecular formula is C18H15F2Zr. The monoisotopic (exact) mass is 359 g/mol. The molecule has 0 saturated carbocycles. The van der Waals surface area contributed by atoms with Crippen LogP contribution in [0.4, 0.5) is 8.78 Å². The fourth-order valence-corrected chi connectivity index (χ4v) is 2.71. The van der Waals surface area contributed by atoms with Crippen LogP contribution in [-0.2, 0) is 39.6 Å². The maximum absolute atomic E-state index is 12.9. The first-order chi connectivity index (χ1) is 9.71. The average Bonchev–Trinajstić information content (AvgIpc) is 2.86. The Hall–Kier alpha value is -1.08. The molecule has 0 bridgehead atoms. The van der Waals surface area contributed by atoms with E-state index in [1.807, 2.05) is 12.1 Å². The first-order valence-corrected chi connectivity index (χ1v) is 6.62. The Morgan fingerprint density at radius 1 is 0.952 bits per heavy atom. The standard InChI is InChI=1S/C18H15F2.Zr/c1-12-5-15-3-2-4-17(18(15)6-12)16-8-13(10-19)7-14(9-16)11-20;/h2-9H,10-11H2,1H3;. The van der Waals surface area contributed by atoms with Gasteiger partial charge in [0.05, 0.1) is 0 Å². The second-order valence-electron chi connectivity index (χ2n) is 5.15. The predicted octanol–water partition coefficient (Wildman–Crippen LogP) is 5.26. The van der Waals surface area contributed by atoms with Crippen LogP contribution in [0, 0.1) is 6.42 Å². The topological polar surface area (TPSA) is 0 Å². The molecule has 0 saturated heterocycles. The van der Waals surface area contributed by atoms with Crippen LogP contribution in [0.15, 0.2) is 42.0 Å². The van der Waals surface area contributed by atoms with Crippen LogP contribution in [-0.4, -0.2) is 0 Å². The fourth-order valence-electron chi connectivity index (χ4n) is 2.71. The van der Waals surface area contributed by atoms with Crippen molar-refractivity contribution in [2.24, 2.45) is 0 Å². The molecule has 0 amide bonds. The molecule has 0 aromatic heterocycles.